The van der Waals surface area contributed by atoms with E-state index in [9.17, 15) is 5.11 Å². The van der Waals surface area contributed by atoms with Gasteiger partial charge in [0.1, 0.15) is 11.4 Å². The van der Waals surface area contributed by atoms with Crippen LogP contribution in [0.2, 0.25) is 0 Å². The molecule has 1 N–H and O–H groups in total. The third-order valence-electron chi connectivity index (χ3n) is 9.36. The summed E-state index contributed by atoms with van der Waals surface area (Å²) in [4.78, 5) is 9.25. The van der Waals surface area contributed by atoms with Gasteiger partial charge in [0.05, 0.1) is 16.9 Å². The molecule has 0 saturated carbocycles. The van der Waals surface area contributed by atoms with Crippen molar-refractivity contribution >= 4 is 21.9 Å². The number of phenols is 1. The molecule has 7 heteroatoms. The van der Waals surface area contributed by atoms with Crippen LogP contribution in [0.4, 0.5) is 0 Å². The van der Waals surface area contributed by atoms with Crippen molar-refractivity contribution in [3.8, 4) is 34.1 Å². The van der Waals surface area contributed by atoms with Gasteiger partial charge < -0.3 is 9.67 Å². The molecule has 0 fully saturated rings. The molecule has 3 aromatic carbocycles. The van der Waals surface area contributed by atoms with E-state index in [1.807, 2.05) is 45.9 Å². The van der Waals surface area contributed by atoms with Gasteiger partial charge in [-0.25, -0.2) is 0 Å². The molecule has 4 heterocycles. The molecule has 256 valence electrons. The molecule has 0 amide bonds. The number of pyridine rings is 2. The first-order valence-electron chi connectivity index (χ1n) is 16.9. The average molecular weight is 842 g/mol. The van der Waals surface area contributed by atoms with Crippen LogP contribution in [0.1, 0.15) is 79.0 Å². The molecular formula is C43H44N5OPt+. The Morgan fingerprint density at radius 3 is 2.12 bits per heavy atom. The summed E-state index contributed by atoms with van der Waals surface area (Å²) >= 11 is 0. The van der Waals surface area contributed by atoms with Crippen LogP contribution in [0.25, 0.3) is 50.3 Å². The smallest absolute Gasteiger partial charge is 0.511 e. The molecule has 0 radical (unpaired) electrons. The maximum absolute atomic E-state index is 11.9. The van der Waals surface area contributed by atoms with Crippen molar-refractivity contribution < 1.29 is 30.7 Å². The van der Waals surface area contributed by atoms with Crippen molar-refractivity contribution in [3.63, 3.8) is 0 Å². The first-order chi connectivity index (χ1) is 23.1. The Kier molecular flexibility index (Phi) is 8.93. The van der Waals surface area contributed by atoms with Gasteiger partial charge in [-0.05, 0) is 62.8 Å². The summed E-state index contributed by atoms with van der Waals surface area (Å²) in [5, 5.41) is 12.9. The molecule has 0 aliphatic carbocycles. The van der Waals surface area contributed by atoms with E-state index in [0.717, 1.165) is 55.7 Å². The molecule has 6 nitrogen and oxygen atoms in total. The Morgan fingerprint density at radius 2 is 1.40 bits per heavy atom. The Balaban J connectivity index is 0.00000432. The fourth-order valence-electron chi connectivity index (χ4n) is 6.49. The summed E-state index contributed by atoms with van der Waals surface area (Å²) in [6.07, 6.45) is 12.9. The second-order valence-electron chi connectivity index (χ2n) is 16.0. The number of hydrogen-bond acceptors (Lipinski definition) is 3. The van der Waals surface area contributed by atoms with Crippen molar-refractivity contribution in [3.05, 3.63) is 127 Å². The minimum absolute atomic E-state index is 0. The summed E-state index contributed by atoms with van der Waals surface area (Å²) in [6, 6.07) is 27.1. The topological polar surface area (TPSA) is 59.8 Å². The van der Waals surface area contributed by atoms with E-state index in [-0.39, 0.29) is 43.1 Å². The quantitative estimate of drug-likeness (QED) is 0.142. The Hall–Kier alpha value is -4.54. The van der Waals surface area contributed by atoms with Crippen LogP contribution in [0.3, 0.4) is 0 Å². The van der Waals surface area contributed by atoms with Crippen LogP contribution >= 0.6 is 0 Å². The van der Waals surface area contributed by atoms with Crippen molar-refractivity contribution in [1.82, 2.24) is 19.1 Å². The number of aromatic nitrogens is 5. The fourth-order valence-corrected chi connectivity index (χ4v) is 6.49. The van der Waals surface area contributed by atoms with Gasteiger partial charge in [0, 0.05) is 24.3 Å². The fraction of sp³-hybridized carbons (Fsp3) is 0.279. The monoisotopic (exact) mass is 841 g/mol. The average Bonchev–Trinajstić information content (AvgIpc) is 3.63. The van der Waals surface area contributed by atoms with Gasteiger partial charge in [0.2, 0.25) is 0 Å². The SMILES string of the molecule is CC(C)(C)c1ccnc(-n2[c-]c(-c3ccccc3-[n+]3[c-]n(-c4cc(C(C)(C)C)cc(C(C)(C)C)c4O)c4ccccc43)c3ccncc32)c1.[Pt+2]. The van der Waals surface area contributed by atoms with Gasteiger partial charge in [0.25, 0.3) is 6.33 Å². The number of nitrogens with zero attached hydrogens (tertiary/aromatic N) is 5. The number of aromatic hydroxyl groups is 1. The Morgan fingerprint density at radius 1 is 0.700 bits per heavy atom. The van der Waals surface area contributed by atoms with E-state index in [4.69, 9.17) is 4.98 Å². The summed E-state index contributed by atoms with van der Waals surface area (Å²) in [5.41, 5.74) is 9.31. The zero-order valence-corrected chi connectivity index (χ0v) is 32.5. The van der Waals surface area contributed by atoms with Gasteiger partial charge in [0.15, 0.2) is 0 Å². The minimum Gasteiger partial charge on any atom is -0.511 e. The molecule has 0 aliphatic rings. The number of benzene rings is 3. The second-order valence-corrected chi connectivity index (χ2v) is 16.0. The molecule has 0 atom stereocenters. The van der Waals surface area contributed by atoms with Gasteiger partial charge in [-0.1, -0.05) is 134 Å². The van der Waals surface area contributed by atoms with Gasteiger partial charge >= 0.3 is 21.1 Å². The van der Waals surface area contributed by atoms with E-state index in [0.29, 0.717) is 5.69 Å². The summed E-state index contributed by atoms with van der Waals surface area (Å²) in [6.45, 7) is 19.7. The van der Waals surface area contributed by atoms with Crippen molar-refractivity contribution in [2.24, 2.45) is 0 Å². The molecule has 0 spiro atoms. The predicted octanol–water partition coefficient (Wildman–Crippen LogP) is 9.50. The molecular weight excluding hydrogens is 798 g/mol. The zero-order valence-electron chi connectivity index (χ0n) is 30.2. The molecule has 50 heavy (non-hydrogen) atoms. The summed E-state index contributed by atoms with van der Waals surface area (Å²) in [7, 11) is 0. The number of hydrogen-bond donors (Lipinski definition) is 1. The molecule has 0 aliphatic heterocycles. The van der Waals surface area contributed by atoms with Crippen molar-refractivity contribution in [2.45, 2.75) is 78.6 Å². The second kappa shape index (κ2) is 12.7. The number of para-hydroxylation sites is 3. The van der Waals surface area contributed by atoms with Crippen LogP contribution in [-0.2, 0) is 37.3 Å². The maximum atomic E-state index is 11.9. The number of rotatable bonds is 4. The predicted molar refractivity (Wildman–Crippen MR) is 198 cm³/mol. The largest absolute Gasteiger partial charge is 2.00 e. The number of imidazole rings is 1. The maximum Gasteiger partial charge on any atom is 2.00 e. The van der Waals surface area contributed by atoms with Gasteiger partial charge in [-0.15, -0.1) is 5.56 Å². The number of phenolic OH excluding ortho intramolecular Hbond substituents is 1. The van der Waals surface area contributed by atoms with Crippen LogP contribution in [0, 0.1) is 12.5 Å². The number of fused-ring (bicyclic) bond motifs is 2. The summed E-state index contributed by atoms with van der Waals surface area (Å²) in [5.74, 6) is 1.07. The Bertz CT molecular complexity index is 2360. The first-order valence-corrected chi connectivity index (χ1v) is 16.9. The first kappa shape index (κ1) is 35.3. The molecule has 0 unspecified atom stereocenters. The van der Waals surface area contributed by atoms with Gasteiger partial charge in [-0.3, -0.25) is 19.1 Å². The van der Waals surface area contributed by atoms with Crippen LogP contribution in [-0.4, -0.2) is 24.2 Å². The van der Waals surface area contributed by atoms with Crippen LogP contribution < -0.4 is 4.57 Å². The molecule has 7 aromatic rings. The normalized spacial score (nSPS) is 12.4. The van der Waals surface area contributed by atoms with E-state index in [2.05, 4.69) is 145 Å². The van der Waals surface area contributed by atoms with E-state index < -0.39 is 0 Å². The summed E-state index contributed by atoms with van der Waals surface area (Å²) < 4.78 is 6.12. The minimum atomic E-state index is -0.258. The molecule has 7 rings (SSSR count). The Labute approximate surface area is 309 Å². The van der Waals surface area contributed by atoms with E-state index in [1.54, 1.807) is 0 Å². The third-order valence-corrected chi connectivity index (χ3v) is 9.36. The molecule has 4 aromatic heterocycles. The van der Waals surface area contributed by atoms with Gasteiger partial charge in [-0.2, -0.15) is 0 Å². The van der Waals surface area contributed by atoms with Crippen LogP contribution in [0.15, 0.2) is 97.5 Å². The molecule has 0 bridgehead atoms. The van der Waals surface area contributed by atoms with Crippen molar-refractivity contribution in [2.75, 3.05) is 0 Å². The van der Waals surface area contributed by atoms with Crippen molar-refractivity contribution in [1.29, 1.82) is 0 Å². The standard InChI is InChI=1S/C43H44N5O.Pt/c1-41(2,3)28-18-21-45-39(24-28)46-26-32(31-19-20-44-25-38(31)46)30-14-10-11-15-34(30)47-27-48(36-17-13-12-16-35(36)47)37-23-29(42(4,5)6)22-33(40(37)49)43(7,8)9;/h10-25,49H,1-9H3;/q-1;+2. The molecule has 0 saturated heterocycles. The van der Waals surface area contributed by atoms with E-state index in [1.165, 1.54) is 5.56 Å². The third kappa shape index (κ3) is 6.19. The zero-order chi connectivity index (χ0) is 34.9. The van der Waals surface area contributed by atoms with Crippen LogP contribution in [0.5, 0.6) is 5.75 Å². The van der Waals surface area contributed by atoms with E-state index >= 15 is 0 Å².